The first kappa shape index (κ1) is 9.70. The molecule has 0 saturated carbocycles. The summed E-state index contributed by atoms with van der Waals surface area (Å²) in [5.74, 6) is 0. The van der Waals surface area contributed by atoms with E-state index in [4.69, 9.17) is 5.26 Å². The van der Waals surface area contributed by atoms with Crippen LogP contribution in [0.15, 0.2) is 22.0 Å². The molecule has 0 bridgehead atoms. The Hall–Kier alpha value is -0.850. The van der Waals surface area contributed by atoms with E-state index < -0.39 is 0 Å². The Morgan fingerprint density at radius 2 is 2.29 bits per heavy atom. The molecule has 1 heterocycles. The molecule has 2 aromatic rings. The van der Waals surface area contributed by atoms with E-state index in [1.54, 1.807) is 11.3 Å². The van der Waals surface area contributed by atoms with Crippen LogP contribution < -0.4 is 0 Å². The lowest BCUT2D eigenvalue weighted by atomic mass is 10.0. The lowest BCUT2D eigenvalue weighted by Gasteiger charge is -2.01. The highest BCUT2D eigenvalue weighted by atomic mass is 79.9. The minimum absolute atomic E-state index is 0.834. The average molecular weight is 266 g/mol. The van der Waals surface area contributed by atoms with Gasteiger partial charge in [0, 0.05) is 15.2 Å². The van der Waals surface area contributed by atoms with Crippen LogP contribution >= 0.6 is 27.3 Å². The second-order valence-electron chi connectivity index (χ2n) is 3.03. The molecule has 0 spiro atoms. The first-order valence-corrected chi connectivity index (χ1v) is 6.04. The van der Waals surface area contributed by atoms with Crippen LogP contribution in [0.25, 0.3) is 10.1 Å². The van der Waals surface area contributed by atoms with E-state index in [0.29, 0.717) is 0 Å². The number of hydrogen-bond acceptors (Lipinski definition) is 2. The quantitative estimate of drug-likeness (QED) is 0.762. The van der Waals surface area contributed by atoms with Crippen molar-refractivity contribution < 1.29 is 0 Å². The first-order chi connectivity index (χ1) is 6.77. The predicted molar refractivity (Wildman–Crippen MR) is 63.6 cm³/mol. The van der Waals surface area contributed by atoms with Crippen molar-refractivity contribution in [3.63, 3.8) is 0 Å². The van der Waals surface area contributed by atoms with Gasteiger partial charge in [-0.3, -0.25) is 0 Å². The maximum atomic E-state index is 9.10. The molecule has 1 aromatic carbocycles. The number of fused-ring (bicyclic) bond motifs is 1. The molecule has 1 aromatic heterocycles. The molecule has 0 aliphatic carbocycles. The lowest BCUT2D eigenvalue weighted by Crippen LogP contribution is -1.86. The summed E-state index contributed by atoms with van der Waals surface area (Å²) in [6.07, 6.45) is 0.911. The standard InChI is InChI=1S/C11H8BrNS/c1-2-7-3-4-8-10(12)6-14-11(8)9(7)5-13/h3-4,6H,2H2,1H3. The number of halogens is 1. The molecule has 14 heavy (non-hydrogen) atoms. The van der Waals surface area contributed by atoms with Crippen molar-refractivity contribution in [2.24, 2.45) is 0 Å². The molecule has 70 valence electrons. The van der Waals surface area contributed by atoms with Crippen molar-refractivity contribution in [2.75, 3.05) is 0 Å². The predicted octanol–water partition coefficient (Wildman–Crippen LogP) is 4.10. The Morgan fingerprint density at radius 3 is 2.93 bits per heavy atom. The van der Waals surface area contributed by atoms with Crippen molar-refractivity contribution in [1.82, 2.24) is 0 Å². The summed E-state index contributed by atoms with van der Waals surface area (Å²) in [6, 6.07) is 6.41. The number of hydrogen-bond donors (Lipinski definition) is 0. The number of benzene rings is 1. The van der Waals surface area contributed by atoms with E-state index in [9.17, 15) is 0 Å². The summed E-state index contributed by atoms with van der Waals surface area (Å²) in [6.45, 7) is 2.07. The van der Waals surface area contributed by atoms with Gasteiger partial charge in [-0.1, -0.05) is 19.1 Å². The normalized spacial score (nSPS) is 10.4. The van der Waals surface area contributed by atoms with Gasteiger partial charge in [0.1, 0.15) is 6.07 Å². The van der Waals surface area contributed by atoms with Crippen molar-refractivity contribution in [1.29, 1.82) is 5.26 Å². The third-order valence-electron chi connectivity index (χ3n) is 2.27. The third kappa shape index (κ3) is 1.35. The fourth-order valence-electron chi connectivity index (χ4n) is 1.53. The molecule has 0 saturated heterocycles. The van der Waals surface area contributed by atoms with Crippen molar-refractivity contribution in [3.05, 3.63) is 33.1 Å². The van der Waals surface area contributed by atoms with Gasteiger partial charge in [0.2, 0.25) is 0 Å². The first-order valence-electron chi connectivity index (χ1n) is 4.36. The molecular weight excluding hydrogens is 258 g/mol. The number of rotatable bonds is 1. The van der Waals surface area contributed by atoms with E-state index in [1.807, 2.05) is 11.4 Å². The third-order valence-corrected chi connectivity index (χ3v) is 4.25. The van der Waals surface area contributed by atoms with Crippen LogP contribution in [0.4, 0.5) is 0 Å². The SMILES string of the molecule is CCc1ccc2c(Br)csc2c1C#N. The molecule has 3 heteroatoms. The average Bonchev–Trinajstić information content (AvgIpc) is 2.59. The summed E-state index contributed by atoms with van der Waals surface area (Å²) < 4.78 is 2.18. The van der Waals surface area contributed by atoms with Gasteiger partial charge in [-0.05, 0) is 27.9 Å². The topological polar surface area (TPSA) is 23.8 Å². The van der Waals surface area contributed by atoms with Crippen LogP contribution in [-0.2, 0) is 6.42 Å². The van der Waals surface area contributed by atoms with Crippen LogP contribution in [0.2, 0.25) is 0 Å². The molecule has 1 nitrogen and oxygen atoms in total. The highest BCUT2D eigenvalue weighted by Crippen LogP contribution is 2.34. The van der Waals surface area contributed by atoms with Gasteiger partial charge in [-0.15, -0.1) is 11.3 Å². The molecule has 0 aliphatic rings. The Morgan fingerprint density at radius 1 is 1.50 bits per heavy atom. The summed E-state index contributed by atoms with van der Waals surface area (Å²) in [5.41, 5.74) is 1.97. The maximum absolute atomic E-state index is 9.10. The summed E-state index contributed by atoms with van der Waals surface area (Å²) in [4.78, 5) is 0. The zero-order valence-corrected chi connectivity index (χ0v) is 10.1. The van der Waals surface area contributed by atoms with Gasteiger partial charge in [-0.2, -0.15) is 5.26 Å². The van der Waals surface area contributed by atoms with Crippen LogP contribution in [0.3, 0.4) is 0 Å². The van der Waals surface area contributed by atoms with Gasteiger partial charge in [0.05, 0.1) is 10.3 Å². The Kier molecular flexibility index (Phi) is 2.58. The molecule has 2 rings (SSSR count). The molecule has 0 aliphatic heterocycles. The summed E-state index contributed by atoms with van der Waals surface area (Å²) in [5, 5.41) is 12.3. The molecule has 0 unspecified atom stereocenters. The van der Waals surface area contributed by atoms with Crippen LogP contribution in [0.5, 0.6) is 0 Å². The van der Waals surface area contributed by atoms with Gasteiger partial charge in [0.25, 0.3) is 0 Å². The number of aryl methyl sites for hydroxylation is 1. The monoisotopic (exact) mass is 265 g/mol. The highest BCUT2D eigenvalue weighted by Gasteiger charge is 2.09. The Bertz CT molecular complexity index is 522. The second kappa shape index (κ2) is 3.72. The molecule has 0 radical (unpaired) electrons. The number of nitrogens with zero attached hydrogens (tertiary/aromatic N) is 1. The van der Waals surface area contributed by atoms with E-state index in [1.165, 1.54) is 0 Å². The molecule has 0 amide bonds. The smallest absolute Gasteiger partial charge is 0.101 e. The van der Waals surface area contributed by atoms with Gasteiger partial charge in [0.15, 0.2) is 0 Å². The maximum Gasteiger partial charge on any atom is 0.101 e. The molecule has 0 fully saturated rings. The lowest BCUT2D eigenvalue weighted by molar-refractivity contribution is 1.14. The van der Waals surface area contributed by atoms with E-state index in [2.05, 4.69) is 35.0 Å². The number of thiophene rings is 1. The Balaban J connectivity index is 2.86. The second-order valence-corrected chi connectivity index (χ2v) is 4.76. The zero-order chi connectivity index (χ0) is 10.1. The van der Waals surface area contributed by atoms with E-state index in [-0.39, 0.29) is 0 Å². The fraction of sp³-hybridized carbons (Fsp3) is 0.182. The summed E-state index contributed by atoms with van der Waals surface area (Å²) in [7, 11) is 0. The Labute approximate surface area is 95.1 Å². The number of nitriles is 1. The van der Waals surface area contributed by atoms with Crippen LogP contribution in [-0.4, -0.2) is 0 Å². The van der Waals surface area contributed by atoms with Gasteiger partial charge in [-0.25, -0.2) is 0 Å². The van der Waals surface area contributed by atoms with E-state index in [0.717, 1.165) is 32.1 Å². The van der Waals surface area contributed by atoms with E-state index >= 15 is 0 Å². The summed E-state index contributed by atoms with van der Waals surface area (Å²) >= 11 is 5.10. The van der Waals surface area contributed by atoms with Crippen LogP contribution in [0, 0.1) is 11.3 Å². The molecule has 0 atom stereocenters. The van der Waals surface area contributed by atoms with Gasteiger partial charge >= 0.3 is 0 Å². The van der Waals surface area contributed by atoms with Crippen LogP contribution in [0.1, 0.15) is 18.1 Å². The van der Waals surface area contributed by atoms with Crippen molar-refractivity contribution >= 4 is 37.4 Å². The largest absolute Gasteiger partial charge is 0.192 e. The minimum atomic E-state index is 0.834. The van der Waals surface area contributed by atoms with Crippen molar-refractivity contribution in [2.45, 2.75) is 13.3 Å². The van der Waals surface area contributed by atoms with Crippen molar-refractivity contribution in [3.8, 4) is 6.07 Å². The zero-order valence-electron chi connectivity index (χ0n) is 7.67. The van der Waals surface area contributed by atoms with Gasteiger partial charge < -0.3 is 0 Å². The highest BCUT2D eigenvalue weighted by molar-refractivity contribution is 9.10. The molecule has 0 N–H and O–H groups in total. The fourth-order valence-corrected chi connectivity index (χ4v) is 3.22. The minimum Gasteiger partial charge on any atom is -0.192 e. The molecular formula is C11H8BrNS.